The number of amides is 1. The molecule has 0 radical (unpaired) electrons. The molecule has 0 saturated carbocycles. The number of rotatable bonds is 4. The molecule has 0 atom stereocenters. The maximum Gasteiger partial charge on any atom is 0.337 e. The molecular weight excluding hydrogens is 338 g/mol. The molecule has 0 spiro atoms. The summed E-state index contributed by atoms with van der Waals surface area (Å²) < 4.78 is 0. The highest BCUT2D eigenvalue weighted by Gasteiger charge is 2.14. The summed E-state index contributed by atoms with van der Waals surface area (Å²) in [7, 11) is 0. The second-order valence-corrected chi connectivity index (χ2v) is 5.77. The number of anilines is 1. The molecule has 0 aliphatic heterocycles. The number of nitrogens with one attached hydrogen (secondary N) is 1. The van der Waals surface area contributed by atoms with Crippen LogP contribution in [0.5, 0.6) is 0 Å². The minimum absolute atomic E-state index is 0.00986. The van der Waals surface area contributed by atoms with Crippen molar-refractivity contribution in [1.82, 2.24) is 0 Å². The predicted octanol–water partition coefficient (Wildman–Crippen LogP) is 4.96. The Kier molecular flexibility index (Phi) is 4.82. The van der Waals surface area contributed by atoms with Gasteiger partial charge in [0.1, 0.15) is 0 Å². The standard InChI is InChI=1S/C20H14ClNO3/c21-18-12-14(10-11-17(18)20(24)25)22-19(23)16-9-5-4-8-15(16)13-6-2-1-3-7-13/h1-12H,(H,22,23)(H,24,25). The first-order valence-electron chi connectivity index (χ1n) is 7.55. The van der Waals surface area contributed by atoms with Crippen molar-refractivity contribution in [3.63, 3.8) is 0 Å². The first-order valence-corrected chi connectivity index (χ1v) is 7.92. The Morgan fingerprint density at radius 1 is 0.840 bits per heavy atom. The van der Waals surface area contributed by atoms with E-state index < -0.39 is 5.97 Å². The summed E-state index contributed by atoms with van der Waals surface area (Å²) >= 11 is 5.95. The Morgan fingerprint density at radius 2 is 1.52 bits per heavy atom. The lowest BCUT2D eigenvalue weighted by molar-refractivity contribution is 0.0697. The van der Waals surface area contributed by atoms with Crippen LogP contribution in [0.4, 0.5) is 5.69 Å². The largest absolute Gasteiger partial charge is 0.478 e. The van der Waals surface area contributed by atoms with E-state index in [0.717, 1.165) is 11.1 Å². The quantitative estimate of drug-likeness (QED) is 0.698. The maximum atomic E-state index is 12.7. The van der Waals surface area contributed by atoms with Crippen molar-refractivity contribution in [3.05, 3.63) is 88.9 Å². The van der Waals surface area contributed by atoms with E-state index >= 15 is 0 Å². The fourth-order valence-electron chi connectivity index (χ4n) is 2.52. The lowest BCUT2D eigenvalue weighted by Crippen LogP contribution is -2.13. The molecule has 0 saturated heterocycles. The van der Waals surface area contributed by atoms with E-state index in [0.29, 0.717) is 11.3 Å². The number of benzene rings is 3. The SMILES string of the molecule is O=C(O)c1ccc(NC(=O)c2ccccc2-c2ccccc2)cc1Cl. The van der Waals surface area contributed by atoms with Gasteiger partial charge in [0, 0.05) is 11.3 Å². The van der Waals surface area contributed by atoms with Crippen LogP contribution in [0.15, 0.2) is 72.8 Å². The van der Waals surface area contributed by atoms with Crippen LogP contribution >= 0.6 is 11.6 Å². The fourth-order valence-corrected chi connectivity index (χ4v) is 2.78. The zero-order valence-electron chi connectivity index (χ0n) is 13.1. The highest BCUT2D eigenvalue weighted by molar-refractivity contribution is 6.33. The lowest BCUT2D eigenvalue weighted by Gasteiger charge is -2.11. The zero-order chi connectivity index (χ0) is 17.8. The number of carbonyl (C=O) groups is 2. The molecule has 3 rings (SSSR count). The van der Waals surface area contributed by atoms with Crippen LogP contribution in [0, 0.1) is 0 Å². The molecule has 3 aromatic carbocycles. The second-order valence-electron chi connectivity index (χ2n) is 5.37. The van der Waals surface area contributed by atoms with Gasteiger partial charge in [0.2, 0.25) is 0 Å². The van der Waals surface area contributed by atoms with Crippen LogP contribution in [0.25, 0.3) is 11.1 Å². The van der Waals surface area contributed by atoms with Gasteiger partial charge in [0.05, 0.1) is 10.6 Å². The van der Waals surface area contributed by atoms with E-state index in [-0.39, 0.29) is 16.5 Å². The molecule has 0 unspecified atom stereocenters. The van der Waals surface area contributed by atoms with Gasteiger partial charge in [-0.1, -0.05) is 60.1 Å². The smallest absolute Gasteiger partial charge is 0.337 e. The van der Waals surface area contributed by atoms with Crippen LogP contribution < -0.4 is 5.32 Å². The molecule has 4 nitrogen and oxygen atoms in total. The molecule has 0 aliphatic carbocycles. The minimum atomic E-state index is -1.11. The average Bonchev–Trinajstić information content (AvgIpc) is 2.62. The van der Waals surface area contributed by atoms with Gasteiger partial charge in [-0.3, -0.25) is 4.79 Å². The Labute approximate surface area is 149 Å². The van der Waals surface area contributed by atoms with E-state index in [1.165, 1.54) is 18.2 Å². The van der Waals surface area contributed by atoms with Gasteiger partial charge in [-0.25, -0.2) is 4.79 Å². The first-order chi connectivity index (χ1) is 12.1. The minimum Gasteiger partial charge on any atom is -0.478 e. The van der Waals surface area contributed by atoms with Crippen molar-refractivity contribution in [1.29, 1.82) is 0 Å². The second kappa shape index (κ2) is 7.20. The van der Waals surface area contributed by atoms with E-state index in [9.17, 15) is 9.59 Å². The van der Waals surface area contributed by atoms with Crippen molar-refractivity contribution < 1.29 is 14.7 Å². The van der Waals surface area contributed by atoms with E-state index in [2.05, 4.69) is 5.32 Å². The number of carbonyl (C=O) groups excluding carboxylic acids is 1. The number of hydrogen-bond acceptors (Lipinski definition) is 2. The molecule has 0 bridgehead atoms. The summed E-state index contributed by atoms with van der Waals surface area (Å²) in [5.41, 5.74) is 2.70. The van der Waals surface area contributed by atoms with Gasteiger partial charge in [-0.15, -0.1) is 0 Å². The van der Waals surface area contributed by atoms with Gasteiger partial charge < -0.3 is 10.4 Å². The summed E-state index contributed by atoms with van der Waals surface area (Å²) in [6.07, 6.45) is 0. The van der Waals surface area contributed by atoms with E-state index in [1.807, 2.05) is 42.5 Å². The summed E-state index contributed by atoms with van der Waals surface area (Å²) in [6, 6.07) is 21.2. The van der Waals surface area contributed by atoms with Crippen LogP contribution in [0.3, 0.4) is 0 Å². The number of carboxylic acids is 1. The summed E-state index contributed by atoms with van der Waals surface area (Å²) in [5.74, 6) is -1.41. The molecule has 0 aromatic heterocycles. The number of aromatic carboxylic acids is 1. The van der Waals surface area contributed by atoms with Crippen molar-refractivity contribution >= 4 is 29.2 Å². The normalized spacial score (nSPS) is 10.3. The zero-order valence-corrected chi connectivity index (χ0v) is 13.8. The molecule has 0 fully saturated rings. The third-order valence-electron chi connectivity index (χ3n) is 3.71. The maximum absolute atomic E-state index is 12.7. The molecule has 124 valence electrons. The van der Waals surface area contributed by atoms with Crippen LogP contribution in [0.2, 0.25) is 5.02 Å². The third-order valence-corrected chi connectivity index (χ3v) is 4.03. The highest BCUT2D eigenvalue weighted by atomic mass is 35.5. The van der Waals surface area contributed by atoms with E-state index in [4.69, 9.17) is 16.7 Å². The Hall–Kier alpha value is -3.11. The molecule has 25 heavy (non-hydrogen) atoms. The van der Waals surface area contributed by atoms with Crippen molar-refractivity contribution in [2.24, 2.45) is 0 Å². The van der Waals surface area contributed by atoms with Crippen molar-refractivity contribution in [2.75, 3.05) is 5.32 Å². The molecule has 0 heterocycles. The summed E-state index contributed by atoms with van der Waals surface area (Å²) in [4.78, 5) is 23.7. The fraction of sp³-hybridized carbons (Fsp3) is 0. The first kappa shape index (κ1) is 16.7. The van der Waals surface area contributed by atoms with Gasteiger partial charge in [-0.2, -0.15) is 0 Å². The van der Waals surface area contributed by atoms with Crippen LogP contribution in [-0.2, 0) is 0 Å². The molecule has 0 aliphatic rings. The van der Waals surface area contributed by atoms with E-state index in [1.54, 1.807) is 12.1 Å². The molecule has 3 aromatic rings. The van der Waals surface area contributed by atoms with Crippen molar-refractivity contribution in [3.8, 4) is 11.1 Å². The van der Waals surface area contributed by atoms with Crippen LogP contribution in [-0.4, -0.2) is 17.0 Å². The summed E-state index contributed by atoms with van der Waals surface area (Å²) in [6.45, 7) is 0. The lowest BCUT2D eigenvalue weighted by atomic mass is 9.99. The number of carboxylic acid groups (broad SMARTS) is 1. The molecule has 1 amide bonds. The van der Waals surface area contributed by atoms with Gasteiger partial charge in [0.25, 0.3) is 5.91 Å². The number of hydrogen-bond donors (Lipinski definition) is 2. The Morgan fingerprint density at radius 3 is 2.20 bits per heavy atom. The topological polar surface area (TPSA) is 66.4 Å². The molecule has 2 N–H and O–H groups in total. The summed E-state index contributed by atoms with van der Waals surface area (Å²) in [5, 5.41) is 11.8. The third kappa shape index (κ3) is 3.70. The number of halogens is 1. The van der Waals surface area contributed by atoms with Crippen LogP contribution in [0.1, 0.15) is 20.7 Å². The highest BCUT2D eigenvalue weighted by Crippen LogP contribution is 2.25. The van der Waals surface area contributed by atoms with Gasteiger partial charge in [0.15, 0.2) is 0 Å². The molecular formula is C20H14ClNO3. The Balaban J connectivity index is 1.90. The van der Waals surface area contributed by atoms with Crippen molar-refractivity contribution in [2.45, 2.75) is 0 Å². The Bertz CT molecular complexity index is 939. The monoisotopic (exact) mass is 351 g/mol. The van der Waals surface area contributed by atoms with Gasteiger partial charge in [-0.05, 0) is 35.4 Å². The molecule has 5 heteroatoms. The predicted molar refractivity (Wildman–Crippen MR) is 98.2 cm³/mol. The van der Waals surface area contributed by atoms with Gasteiger partial charge >= 0.3 is 5.97 Å². The average molecular weight is 352 g/mol.